The molecule has 0 radical (unpaired) electrons. The molecule has 3 rings (SSSR count). The third-order valence-electron chi connectivity index (χ3n) is 4.32. The molecule has 1 unspecified atom stereocenters. The maximum absolute atomic E-state index is 13.9. The molecule has 0 aliphatic carbocycles. The van der Waals surface area contributed by atoms with Gasteiger partial charge in [-0.15, -0.1) is 0 Å². The second-order valence-corrected chi connectivity index (χ2v) is 6.83. The van der Waals surface area contributed by atoms with E-state index in [0.717, 1.165) is 22.8 Å². The summed E-state index contributed by atoms with van der Waals surface area (Å²) in [5.41, 5.74) is 4.55. The van der Waals surface area contributed by atoms with Crippen LogP contribution in [0, 0.1) is 25.5 Å². The minimum absolute atomic E-state index is 0.126. The van der Waals surface area contributed by atoms with Gasteiger partial charge in [-0.3, -0.25) is 0 Å². The van der Waals surface area contributed by atoms with Gasteiger partial charge in [-0.2, -0.15) is 0 Å². The molecular formula is C22H20F2N2S. The lowest BCUT2D eigenvalue weighted by Gasteiger charge is -2.24. The lowest BCUT2D eigenvalue weighted by atomic mass is 9.94. The Labute approximate surface area is 163 Å². The van der Waals surface area contributed by atoms with E-state index in [-0.39, 0.29) is 16.8 Å². The quantitative estimate of drug-likeness (QED) is 0.570. The zero-order chi connectivity index (χ0) is 19.4. The number of anilines is 1. The fraction of sp³-hybridized carbons (Fsp3) is 0.136. The molecule has 2 N–H and O–H groups in total. The van der Waals surface area contributed by atoms with E-state index in [1.54, 1.807) is 0 Å². The molecule has 0 aliphatic heterocycles. The summed E-state index contributed by atoms with van der Waals surface area (Å²) in [5, 5.41) is 6.34. The second kappa shape index (κ2) is 8.27. The number of benzene rings is 3. The number of thiocarbonyl (C=S) groups is 1. The van der Waals surface area contributed by atoms with Crippen molar-refractivity contribution in [2.75, 3.05) is 5.32 Å². The largest absolute Gasteiger partial charge is 0.352 e. The van der Waals surface area contributed by atoms with Crippen molar-refractivity contribution < 1.29 is 8.78 Å². The van der Waals surface area contributed by atoms with E-state index < -0.39 is 11.6 Å². The van der Waals surface area contributed by atoms with Crippen molar-refractivity contribution in [3.05, 3.63) is 101 Å². The standard InChI is InChI=1S/C22H20F2N2S/c1-14-8-10-18(15(2)12-14)21(16-6-4-3-5-7-16)26-22(27)25-20-11-9-17(23)13-19(20)24/h3-13,21H,1-2H3,(H2,25,26,27). The predicted molar refractivity (Wildman–Crippen MR) is 110 cm³/mol. The second-order valence-electron chi connectivity index (χ2n) is 6.43. The molecular weight excluding hydrogens is 362 g/mol. The molecule has 3 aromatic rings. The van der Waals surface area contributed by atoms with Gasteiger partial charge in [0.05, 0.1) is 11.7 Å². The molecule has 0 aromatic heterocycles. The smallest absolute Gasteiger partial charge is 0.171 e. The highest BCUT2D eigenvalue weighted by Gasteiger charge is 2.18. The van der Waals surface area contributed by atoms with E-state index >= 15 is 0 Å². The molecule has 0 spiro atoms. The maximum Gasteiger partial charge on any atom is 0.171 e. The zero-order valence-electron chi connectivity index (χ0n) is 15.1. The van der Waals surface area contributed by atoms with Crippen molar-refractivity contribution in [2.45, 2.75) is 19.9 Å². The molecule has 0 heterocycles. The minimum Gasteiger partial charge on any atom is -0.352 e. The Morgan fingerprint density at radius 3 is 2.33 bits per heavy atom. The van der Waals surface area contributed by atoms with Gasteiger partial charge in [0.15, 0.2) is 5.11 Å². The molecule has 27 heavy (non-hydrogen) atoms. The first-order valence-corrected chi connectivity index (χ1v) is 8.99. The van der Waals surface area contributed by atoms with Gasteiger partial charge in [0.1, 0.15) is 11.6 Å². The van der Waals surface area contributed by atoms with Crippen molar-refractivity contribution in [1.82, 2.24) is 5.32 Å². The van der Waals surface area contributed by atoms with Crippen molar-refractivity contribution in [3.8, 4) is 0 Å². The molecule has 0 bridgehead atoms. The van der Waals surface area contributed by atoms with Crippen LogP contribution in [-0.2, 0) is 0 Å². The van der Waals surface area contributed by atoms with Crippen LogP contribution in [0.5, 0.6) is 0 Å². The van der Waals surface area contributed by atoms with Crippen LogP contribution in [0.2, 0.25) is 0 Å². The number of halogens is 2. The van der Waals surface area contributed by atoms with Crippen molar-refractivity contribution in [2.24, 2.45) is 0 Å². The molecule has 1 atom stereocenters. The first-order chi connectivity index (χ1) is 12.9. The van der Waals surface area contributed by atoms with Gasteiger partial charge in [0, 0.05) is 6.07 Å². The predicted octanol–water partition coefficient (Wildman–Crippen LogP) is 5.66. The van der Waals surface area contributed by atoms with E-state index in [9.17, 15) is 8.78 Å². The Bertz CT molecular complexity index is 958. The van der Waals surface area contributed by atoms with Crippen LogP contribution < -0.4 is 10.6 Å². The number of hydrogen-bond acceptors (Lipinski definition) is 1. The third kappa shape index (κ3) is 4.68. The van der Waals surface area contributed by atoms with E-state index in [0.29, 0.717) is 0 Å². The molecule has 2 nitrogen and oxygen atoms in total. The summed E-state index contributed by atoms with van der Waals surface area (Å²) < 4.78 is 27.0. The average molecular weight is 382 g/mol. The number of nitrogens with one attached hydrogen (secondary N) is 2. The van der Waals surface area contributed by atoms with E-state index in [2.05, 4.69) is 35.8 Å². The van der Waals surface area contributed by atoms with Crippen LogP contribution in [-0.4, -0.2) is 5.11 Å². The lowest BCUT2D eigenvalue weighted by Crippen LogP contribution is -2.33. The van der Waals surface area contributed by atoms with Crippen LogP contribution in [0.3, 0.4) is 0 Å². The summed E-state index contributed by atoms with van der Waals surface area (Å²) in [6, 6.07) is 19.3. The summed E-state index contributed by atoms with van der Waals surface area (Å²) in [6.45, 7) is 4.10. The van der Waals surface area contributed by atoms with Gasteiger partial charge >= 0.3 is 0 Å². The molecule has 0 amide bonds. The van der Waals surface area contributed by atoms with Crippen LogP contribution >= 0.6 is 12.2 Å². The summed E-state index contributed by atoms with van der Waals surface area (Å²) in [4.78, 5) is 0. The van der Waals surface area contributed by atoms with Gasteiger partial charge in [0.2, 0.25) is 0 Å². The molecule has 138 valence electrons. The summed E-state index contributed by atoms with van der Waals surface area (Å²) >= 11 is 5.39. The highest BCUT2D eigenvalue weighted by molar-refractivity contribution is 7.80. The summed E-state index contributed by atoms with van der Waals surface area (Å²) in [7, 11) is 0. The number of hydrogen-bond donors (Lipinski definition) is 2. The fourth-order valence-electron chi connectivity index (χ4n) is 3.02. The van der Waals surface area contributed by atoms with Crippen molar-refractivity contribution in [1.29, 1.82) is 0 Å². The molecule has 0 saturated heterocycles. The SMILES string of the molecule is Cc1ccc(C(NC(=S)Nc2ccc(F)cc2F)c2ccccc2)c(C)c1. The normalized spacial score (nSPS) is 11.7. The van der Waals surface area contributed by atoms with Gasteiger partial charge in [-0.05, 0) is 54.9 Å². The maximum atomic E-state index is 13.9. The van der Waals surface area contributed by atoms with Gasteiger partial charge in [-0.25, -0.2) is 8.78 Å². The van der Waals surface area contributed by atoms with Crippen LogP contribution in [0.1, 0.15) is 28.3 Å². The molecule has 0 aliphatic rings. The highest BCUT2D eigenvalue weighted by Crippen LogP contribution is 2.26. The van der Waals surface area contributed by atoms with E-state index in [4.69, 9.17) is 12.2 Å². The molecule has 0 fully saturated rings. The number of rotatable bonds is 4. The van der Waals surface area contributed by atoms with E-state index in [1.165, 1.54) is 17.7 Å². The summed E-state index contributed by atoms with van der Waals surface area (Å²) in [5.74, 6) is -1.32. The first-order valence-electron chi connectivity index (χ1n) is 8.58. The Hall–Kier alpha value is -2.79. The highest BCUT2D eigenvalue weighted by atomic mass is 32.1. The Morgan fingerprint density at radius 2 is 1.67 bits per heavy atom. The average Bonchev–Trinajstić information content (AvgIpc) is 2.63. The zero-order valence-corrected chi connectivity index (χ0v) is 15.9. The topological polar surface area (TPSA) is 24.1 Å². The Morgan fingerprint density at radius 1 is 0.926 bits per heavy atom. The molecule has 5 heteroatoms. The molecule has 0 saturated carbocycles. The Kier molecular flexibility index (Phi) is 5.81. The van der Waals surface area contributed by atoms with Gasteiger partial charge in [0.25, 0.3) is 0 Å². The van der Waals surface area contributed by atoms with Gasteiger partial charge < -0.3 is 10.6 Å². The van der Waals surface area contributed by atoms with Crippen LogP contribution in [0.25, 0.3) is 0 Å². The summed E-state index contributed by atoms with van der Waals surface area (Å²) in [6.07, 6.45) is 0. The lowest BCUT2D eigenvalue weighted by molar-refractivity contribution is 0.586. The minimum atomic E-state index is -0.693. The van der Waals surface area contributed by atoms with Crippen molar-refractivity contribution >= 4 is 23.0 Å². The molecule has 3 aromatic carbocycles. The first kappa shape index (κ1) is 19.0. The van der Waals surface area contributed by atoms with Gasteiger partial charge in [-0.1, -0.05) is 54.1 Å². The Balaban J connectivity index is 1.88. The number of aryl methyl sites for hydroxylation is 2. The van der Waals surface area contributed by atoms with Crippen LogP contribution in [0.4, 0.5) is 14.5 Å². The fourth-order valence-corrected chi connectivity index (χ4v) is 3.24. The monoisotopic (exact) mass is 382 g/mol. The van der Waals surface area contributed by atoms with E-state index in [1.807, 2.05) is 37.3 Å². The third-order valence-corrected chi connectivity index (χ3v) is 4.54. The van der Waals surface area contributed by atoms with Crippen molar-refractivity contribution in [3.63, 3.8) is 0 Å². The van der Waals surface area contributed by atoms with Crippen LogP contribution in [0.15, 0.2) is 66.7 Å².